The highest BCUT2D eigenvalue weighted by Gasteiger charge is 2.08. The summed E-state index contributed by atoms with van der Waals surface area (Å²) < 4.78 is 11.2. The van der Waals surface area contributed by atoms with Crippen LogP contribution in [-0.4, -0.2) is 17.3 Å². The normalized spacial score (nSPS) is 10.6. The minimum atomic E-state index is 0.0147. The highest BCUT2D eigenvalue weighted by Crippen LogP contribution is 2.27. The fourth-order valence-electron chi connectivity index (χ4n) is 1.57. The van der Waals surface area contributed by atoms with E-state index < -0.39 is 0 Å². The van der Waals surface area contributed by atoms with Crippen LogP contribution in [0.25, 0.3) is 0 Å². The number of thioether (sulfide) groups is 1. The predicted octanol–water partition coefficient (Wildman–Crippen LogP) is 3.97. The van der Waals surface area contributed by atoms with E-state index >= 15 is 0 Å². The van der Waals surface area contributed by atoms with Crippen molar-refractivity contribution in [3.05, 3.63) is 36.4 Å². The van der Waals surface area contributed by atoms with Crippen LogP contribution >= 0.6 is 11.8 Å². The van der Waals surface area contributed by atoms with Crippen molar-refractivity contribution in [3.63, 3.8) is 0 Å². The van der Waals surface area contributed by atoms with Crippen LogP contribution in [0.2, 0.25) is 0 Å². The summed E-state index contributed by atoms with van der Waals surface area (Å²) in [6, 6.07) is 11.3. The van der Waals surface area contributed by atoms with Gasteiger partial charge < -0.3 is 15.2 Å². The Balaban J connectivity index is 2.16. The summed E-state index contributed by atoms with van der Waals surface area (Å²) in [6.07, 6.45) is 2.05. The Morgan fingerprint density at radius 1 is 1.10 bits per heavy atom. The molecule has 0 unspecified atom stereocenters. The summed E-state index contributed by atoms with van der Waals surface area (Å²) >= 11 is 1.69. The summed E-state index contributed by atoms with van der Waals surface area (Å²) in [5.74, 6) is 1.60. The molecule has 20 heavy (non-hydrogen) atoms. The van der Waals surface area contributed by atoms with Crippen molar-refractivity contribution in [2.24, 2.45) is 0 Å². The van der Waals surface area contributed by atoms with Crippen molar-refractivity contribution in [1.82, 2.24) is 4.98 Å². The average molecular weight is 290 g/mol. The molecule has 0 atom stereocenters. The first-order valence-corrected chi connectivity index (χ1v) is 7.56. The molecule has 1 heterocycles. The monoisotopic (exact) mass is 290 g/mol. The van der Waals surface area contributed by atoms with Gasteiger partial charge in [-0.05, 0) is 50.4 Å². The molecule has 0 spiro atoms. The first-order valence-electron chi connectivity index (χ1n) is 6.33. The maximum Gasteiger partial charge on any atom is 0.240 e. The van der Waals surface area contributed by atoms with Crippen LogP contribution in [0.1, 0.15) is 13.8 Å². The Kier molecular flexibility index (Phi) is 4.74. The van der Waals surface area contributed by atoms with Crippen LogP contribution in [0, 0.1) is 0 Å². The van der Waals surface area contributed by atoms with Crippen LogP contribution in [0.4, 0.5) is 5.69 Å². The fraction of sp³-hybridized carbons (Fsp3) is 0.267. The van der Waals surface area contributed by atoms with Gasteiger partial charge in [-0.3, -0.25) is 0 Å². The van der Waals surface area contributed by atoms with Gasteiger partial charge in [0.1, 0.15) is 5.75 Å². The van der Waals surface area contributed by atoms with E-state index in [1.807, 2.05) is 44.4 Å². The second-order valence-electron chi connectivity index (χ2n) is 4.49. The van der Waals surface area contributed by atoms with Crippen LogP contribution in [0.15, 0.2) is 41.3 Å². The molecule has 0 aliphatic rings. The summed E-state index contributed by atoms with van der Waals surface area (Å²) in [7, 11) is 0. The van der Waals surface area contributed by atoms with Crippen LogP contribution in [-0.2, 0) is 0 Å². The Morgan fingerprint density at radius 2 is 1.80 bits per heavy atom. The standard InChI is InChI=1S/C15H18N2O2S/c1-10(2)18-15-13(16)8-9-14(17-15)19-11-4-6-12(20-3)7-5-11/h4-10H,16H2,1-3H3. The number of nitrogens with zero attached hydrogens (tertiary/aromatic N) is 1. The molecule has 5 heteroatoms. The molecule has 0 bridgehead atoms. The predicted molar refractivity (Wildman–Crippen MR) is 82.7 cm³/mol. The third kappa shape index (κ3) is 3.81. The van der Waals surface area contributed by atoms with Crippen molar-refractivity contribution in [3.8, 4) is 17.5 Å². The Morgan fingerprint density at radius 3 is 2.40 bits per heavy atom. The molecule has 4 nitrogen and oxygen atoms in total. The maximum absolute atomic E-state index is 5.82. The lowest BCUT2D eigenvalue weighted by Gasteiger charge is -2.12. The third-order valence-corrected chi connectivity index (χ3v) is 3.24. The van der Waals surface area contributed by atoms with E-state index in [9.17, 15) is 0 Å². The lowest BCUT2D eigenvalue weighted by molar-refractivity contribution is 0.232. The van der Waals surface area contributed by atoms with Crippen molar-refractivity contribution in [2.75, 3.05) is 12.0 Å². The number of aromatic nitrogens is 1. The number of hydrogen-bond donors (Lipinski definition) is 1. The minimum absolute atomic E-state index is 0.0147. The van der Waals surface area contributed by atoms with Gasteiger partial charge in [-0.25, -0.2) is 0 Å². The largest absolute Gasteiger partial charge is 0.473 e. The molecular weight excluding hydrogens is 272 g/mol. The third-order valence-electron chi connectivity index (χ3n) is 2.49. The van der Waals surface area contributed by atoms with Gasteiger partial charge in [0.25, 0.3) is 0 Å². The van der Waals surface area contributed by atoms with Gasteiger partial charge in [0.2, 0.25) is 11.8 Å². The Bertz CT molecular complexity index is 571. The average Bonchev–Trinajstić information content (AvgIpc) is 2.43. The zero-order valence-corrected chi connectivity index (χ0v) is 12.6. The molecule has 2 N–H and O–H groups in total. The molecule has 0 fully saturated rings. The van der Waals surface area contributed by atoms with E-state index in [1.165, 1.54) is 4.90 Å². The molecule has 1 aromatic heterocycles. The van der Waals surface area contributed by atoms with E-state index in [4.69, 9.17) is 15.2 Å². The first kappa shape index (κ1) is 14.5. The zero-order valence-electron chi connectivity index (χ0n) is 11.8. The van der Waals surface area contributed by atoms with E-state index in [0.717, 1.165) is 5.75 Å². The number of anilines is 1. The highest BCUT2D eigenvalue weighted by atomic mass is 32.2. The number of nitrogen functional groups attached to an aromatic ring is 1. The summed E-state index contributed by atoms with van der Waals surface area (Å²) in [6.45, 7) is 3.85. The van der Waals surface area contributed by atoms with Gasteiger partial charge in [-0.15, -0.1) is 11.8 Å². The van der Waals surface area contributed by atoms with Crippen LogP contribution < -0.4 is 15.2 Å². The maximum atomic E-state index is 5.82. The number of benzene rings is 1. The van der Waals surface area contributed by atoms with Gasteiger partial charge in [0.05, 0.1) is 11.8 Å². The molecule has 106 valence electrons. The smallest absolute Gasteiger partial charge is 0.240 e. The van der Waals surface area contributed by atoms with E-state index in [1.54, 1.807) is 23.9 Å². The van der Waals surface area contributed by atoms with Crippen LogP contribution in [0.5, 0.6) is 17.5 Å². The van der Waals surface area contributed by atoms with Crippen molar-refractivity contribution >= 4 is 17.4 Å². The SMILES string of the molecule is CSc1ccc(Oc2ccc(N)c(OC(C)C)n2)cc1. The van der Waals surface area contributed by atoms with Gasteiger partial charge in [-0.1, -0.05) is 0 Å². The first-order chi connectivity index (χ1) is 9.58. The molecule has 0 amide bonds. The minimum Gasteiger partial charge on any atom is -0.473 e. The van der Waals surface area contributed by atoms with Crippen molar-refractivity contribution in [1.29, 1.82) is 0 Å². The summed E-state index contributed by atoms with van der Waals surface area (Å²) in [5, 5.41) is 0. The number of ether oxygens (including phenoxy) is 2. The Labute approximate surface area is 123 Å². The molecule has 1 aromatic carbocycles. The second-order valence-corrected chi connectivity index (χ2v) is 5.37. The molecule has 0 aliphatic carbocycles. The molecular formula is C15H18N2O2S. The lowest BCUT2D eigenvalue weighted by Crippen LogP contribution is -2.09. The topological polar surface area (TPSA) is 57.4 Å². The van der Waals surface area contributed by atoms with Gasteiger partial charge in [0.15, 0.2) is 0 Å². The second kappa shape index (κ2) is 6.52. The summed E-state index contributed by atoms with van der Waals surface area (Å²) in [5.41, 5.74) is 6.33. The zero-order chi connectivity index (χ0) is 14.5. The van der Waals surface area contributed by atoms with Crippen molar-refractivity contribution < 1.29 is 9.47 Å². The quantitative estimate of drug-likeness (QED) is 0.844. The number of nitrogens with two attached hydrogens (primary N) is 1. The van der Waals surface area contributed by atoms with Gasteiger partial charge in [0, 0.05) is 11.0 Å². The van der Waals surface area contributed by atoms with E-state index in [2.05, 4.69) is 4.98 Å². The molecule has 0 saturated carbocycles. The fourth-order valence-corrected chi connectivity index (χ4v) is 1.98. The number of rotatable bonds is 5. The molecule has 0 saturated heterocycles. The van der Waals surface area contributed by atoms with Crippen molar-refractivity contribution in [2.45, 2.75) is 24.8 Å². The molecule has 0 aliphatic heterocycles. The van der Waals surface area contributed by atoms with E-state index in [0.29, 0.717) is 17.4 Å². The van der Waals surface area contributed by atoms with Gasteiger partial charge >= 0.3 is 0 Å². The van der Waals surface area contributed by atoms with Crippen LogP contribution in [0.3, 0.4) is 0 Å². The Hall–Kier alpha value is -1.88. The number of pyridine rings is 1. The highest BCUT2D eigenvalue weighted by molar-refractivity contribution is 7.98. The number of hydrogen-bond acceptors (Lipinski definition) is 5. The van der Waals surface area contributed by atoms with E-state index in [-0.39, 0.29) is 6.10 Å². The molecule has 2 rings (SSSR count). The molecule has 0 radical (unpaired) electrons. The summed E-state index contributed by atoms with van der Waals surface area (Å²) in [4.78, 5) is 5.46. The lowest BCUT2D eigenvalue weighted by atomic mass is 10.3. The molecule has 2 aromatic rings. The van der Waals surface area contributed by atoms with Gasteiger partial charge in [-0.2, -0.15) is 4.98 Å².